The molecule has 0 radical (unpaired) electrons. The summed E-state index contributed by atoms with van der Waals surface area (Å²) in [7, 11) is 4.21. The monoisotopic (exact) mass is 356 g/mol. The van der Waals surface area contributed by atoms with E-state index in [0.717, 1.165) is 30.5 Å². The molecule has 1 aromatic rings. The third-order valence-corrected chi connectivity index (χ3v) is 5.10. The fraction of sp³-hybridized carbons (Fsp3) is 0.812. The Bertz CT molecular complexity index is 467. The van der Waals surface area contributed by atoms with E-state index in [1.54, 1.807) is 0 Å². The number of nitrogens with zero attached hydrogens (tertiary/aromatic N) is 3. The van der Waals surface area contributed by atoms with Crippen molar-refractivity contribution < 1.29 is 0 Å². The summed E-state index contributed by atoms with van der Waals surface area (Å²) in [6.07, 6.45) is 4.40. The summed E-state index contributed by atoms with van der Waals surface area (Å²) in [4.78, 5) is 2.20. The highest BCUT2D eigenvalue weighted by molar-refractivity contribution is 9.10. The molecule has 1 saturated carbocycles. The minimum absolute atomic E-state index is 0.402. The topological polar surface area (TPSA) is 33.1 Å². The Morgan fingerprint density at radius 2 is 2.19 bits per heavy atom. The standard InChI is InChI=1S/C16H29BrN4/c1-6-7-18-14(12-10-16(12,2)3)15-13(17)11-19-21(15)9-8-20(4)5/h11-12,14,18H,6-10H2,1-5H3. The van der Waals surface area contributed by atoms with Crippen molar-refractivity contribution in [2.75, 3.05) is 27.2 Å². The van der Waals surface area contributed by atoms with Gasteiger partial charge in [-0.25, -0.2) is 0 Å². The third kappa shape index (κ3) is 4.08. The summed E-state index contributed by atoms with van der Waals surface area (Å²) >= 11 is 3.71. The van der Waals surface area contributed by atoms with Crippen LogP contribution < -0.4 is 5.32 Å². The van der Waals surface area contributed by atoms with E-state index in [2.05, 4.69) is 70.8 Å². The average molecular weight is 357 g/mol. The summed E-state index contributed by atoms with van der Waals surface area (Å²) in [6, 6.07) is 0.402. The first-order chi connectivity index (χ1) is 9.86. The van der Waals surface area contributed by atoms with Crippen molar-refractivity contribution in [3.05, 3.63) is 16.4 Å². The smallest absolute Gasteiger partial charge is 0.0699 e. The molecule has 2 atom stereocenters. The number of likely N-dealkylation sites (N-methyl/N-ethyl adjacent to an activating group) is 1. The predicted molar refractivity (Wildman–Crippen MR) is 91.4 cm³/mol. The molecule has 0 spiro atoms. The lowest BCUT2D eigenvalue weighted by molar-refractivity contribution is 0.347. The second-order valence-corrected chi connectivity index (χ2v) is 7.99. The van der Waals surface area contributed by atoms with E-state index in [0.29, 0.717) is 17.4 Å². The zero-order valence-electron chi connectivity index (χ0n) is 14.0. The van der Waals surface area contributed by atoms with Crippen LogP contribution in [0, 0.1) is 11.3 Å². The lowest BCUT2D eigenvalue weighted by atomic mass is 10.0. The second kappa shape index (κ2) is 6.80. The minimum atomic E-state index is 0.402. The Kier molecular flexibility index (Phi) is 5.49. The first-order valence-corrected chi connectivity index (χ1v) is 8.75. The van der Waals surface area contributed by atoms with Gasteiger partial charge in [-0.15, -0.1) is 0 Å². The van der Waals surface area contributed by atoms with Crippen LogP contribution in [-0.4, -0.2) is 41.9 Å². The van der Waals surface area contributed by atoms with Crippen LogP contribution in [0.25, 0.3) is 0 Å². The Hall–Kier alpha value is -0.390. The van der Waals surface area contributed by atoms with Crippen molar-refractivity contribution in [2.24, 2.45) is 11.3 Å². The molecule has 1 aliphatic rings. The maximum Gasteiger partial charge on any atom is 0.0699 e. The van der Waals surface area contributed by atoms with Crippen LogP contribution in [0.1, 0.15) is 45.3 Å². The number of hydrogen-bond acceptors (Lipinski definition) is 3. The second-order valence-electron chi connectivity index (χ2n) is 7.14. The maximum atomic E-state index is 4.58. The molecule has 1 N–H and O–H groups in total. The molecule has 1 heterocycles. The Morgan fingerprint density at radius 3 is 2.71 bits per heavy atom. The van der Waals surface area contributed by atoms with Crippen molar-refractivity contribution in [1.29, 1.82) is 0 Å². The van der Waals surface area contributed by atoms with Crippen LogP contribution in [0.2, 0.25) is 0 Å². The summed E-state index contributed by atoms with van der Waals surface area (Å²) in [5.41, 5.74) is 1.77. The van der Waals surface area contributed by atoms with Crippen molar-refractivity contribution in [3.63, 3.8) is 0 Å². The molecular formula is C16H29BrN4. The molecule has 4 nitrogen and oxygen atoms in total. The molecule has 1 fully saturated rings. The molecule has 0 bridgehead atoms. The van der Waals surface area contributed by atoms with E-state index in [1.165, 1.54) is 12.1 Å². The van der Waals surface area contributed by atoms with Crippen LogP contribution in [0.3, 0.4) is 0 Å². The number of hydrogen-bond donors (Lipinski definition) is 1. The van der Waals surface area contributed by atoms with Gasteiger partial charge in [-0.1, -0.05) is 20.8 Å². The van der Waals surface area contributed by atoms with Crippen LogP contribution >= 0.6 is 15.9 Å². The highest BCUT2D eigenvalue weighted by Crippen LogP contribution is 2.58. The molecule has 120 valence electrons. The van der Waals surface area contributed by atoms with E-state index < -0.39 is 0 Å². The molecule has 0 amide bonds. The zero-order chi connectivity index (χ0) is 15.6. The third-order valence-electron chi connectivity index (χ3n) is 4.49. The van der Waals surface area contributed by atoms with Gasteiger partial charge in [0.15, 0.2) is 0 Å². The lowest BCUT2D eigenvalue weighted by Crippen LogP contribution is -2.29. The van der Waals surface area contributed by atoms with Gasteiger partial charge in [-0.2, -0.15) is 5.10 Å². The minimum Gasteiger partial charge on any atom is -0.308 e. The van der Waals surface area contributed by atoms with Gasteiger partial charge in [0.1, 0.15) is 0 Å². The van der Waals surface area contributed by atoms with E-state index in [9.17, 15) is 0 Å². The molecule has 0 aromatic carbocycles. The molecule has 2 unspecified atom stereocenters. The van der Waals surface area contributed by atoms with Crippen LogP contribution in [-0.2, 0) is 6.54 Å². The van der Waals surface area contributed by atoms with Crippen LogP contribution in [0.15, 0.2) is 10.7 Å². The Balaban J connectivity index is 2.20. The molecule has 1 aliphatic carbocycles. The molecule has 0 aliphatic heterocycles. The van der Waals surface area contributed by atoms with E-state index >= 15 is 0 Å². The van der Waals surface area contributed by atoms with Crippen LogP contribution in [0.4, 0.5) is 0 Å². The largest absolute Gasteiger partial charge is 0.308 e. The molecule has 1 aromatic heterocycles. The van der Waals surface area contributed by atoms with Gasteiger partial charge in [0, 0.05) is 6.54 Å². The molecule has 5 heteroatoms. The molecule has 2 rings (SSSR count). The highest BCUT2D eigenvalue weighted by Gasteiger charge is 2.51. The molecule has 21 heavy (non-hydrogen) atoms. The quantitative estimate of drug-likeness (QED) is 0.775. The fourth-order valence-electron chi connectivity index (χ4n) is 2.96. The average Bonchev–Trinajstić information content (AvgIpc) is 2.87. The van der Waals surface area contributed by atoms with Gasteiger partial charge in [0.25, 0.3) is 0 Å². The van der Waals surface area contributed by atoms with Crippen LogP contribution in [0.5, 0.6) is 0 Å². The SMILES string of the molecule is CCCNC(c1c(Br)cnn1CCN(C)C)C1CC1(C)C. The van der Waals surface area contributed by atoms with E-state index in [1.807, 2.05) is 6.20 Å². The van der Waals surface area contributed by atoms with Crippen molar-refractivity contribution >= 4 is 15.9 Å². The number of aromatic nitrogens is 2. The number of nitrogens with one attached hydrogen (secondary N) is 1. The summed E-state index contributed by atoms with van der Waals surface area (Å²) < 4.78 is 3.31. The van der Waals surface area contributed by atoms with Gasteiger partial charge >= 0.3 is 0 Å². The highest BCUT2D eigenvalue weighted by atomic mass is 79.9. The normalized spacial score (nSPS) is 21.8. The molecular weight excluding hydrogens is 328 g/mol. The molecule has 0 saturated heterocycles. The van der Waals surface area contributed by atoms with Crippen molar-refractivity contribution in [1.82, 2.24) is 20.0 Å². The van der Waals surface area contributed by atoms with Crippen molar-refractivity contribution in [2.45, 2.75) is 46.2 Å². The number of rotatable bonds is 8. The Morgan fingerprint density at radius 1 is 1.52 bits per heavy atom. The fourth-order valence-corrected chi connectivity index (χ4v) is 3.50. The van der Waals surface area contributed by atoms with E-state index in [-0.39, 0.29) is 0 Å². The van der Waals surface area contributed by atoms with Crippen molar-refractivity contribution in [3.8, 4) is 0 Å². The van der Waals surface area contributed by atoms with Gasteiger partial charge in [-0.05, 0) is 60.7 Å². The first kappa shape index (κ1) is 17.0. The Labute approximate surface area is 137 Å². The first-order valence-electron chi connectivity index (χ1n) is 7.96. The summed E-state index contributed by atoms with van der Waals surface area (Å²) in [6.45, 7) is 9.96. The summed E-state index contributed by atoms with van der Waals surface area (Å²) in [5.74, 6) is 0.704. The van der Waals surface area contributed by atoms with Gasteiger partial charge in [0.2, 0.25) is 0 Å². The number of halogens is 1. The van der Waals surface area contributed by atoms with E-state index in [4.69, 9.17) is 0 Å². The zero-order valence-corrected chi connectivity index (χ0v) is 15.6. The van der Waals surface area contributed by atoms with Gasteiger partial charge in [0.05, 0.1) is 29.0 Å². The van der Waals surface area contributed by atoms with Gasteiger partial charge in [-0.3, -0.25) is 4.68 Å². The summed E-state index contributed by atoms with van der Waals surface area (Å²) in [5, 5.41) is 8.33. The predicted octanol–water partition coefficient (Wildman–Crippen LogP) is 3.29. The van der Waals surface area contributed by atoms with Gasteiger partial charge < -0.3 is 10.2 Å². The maximum absolute atomic E-state index is 4.58. The lowest BCUT2D eigenvalue weighted by Gasteiger charge is -2.23.